The quantitative estimate of drug-likeness (QED) is 0.514. The molecule has 0 aliphatic carbocycles. The van der Waals surface area contributed by atoms with Gasteiger partial charge in [-0.2, -0.15) is 0 Å². The highest BCUT2D eigenvalue weighted by molar-refractivity contribution is 5.69. The van der Waals surface area contributed by atoms with Gasteiger partial charge in [0.15, 0.2) is 0 Å². The third-order valence-electron chi connectivity index (χ3n) is 2.32. The van der Waals surface area contributed by atoms with Crippen molar-refractivity contribution in [3.05, 3.63) is 35.9 Å². The number of carbonyl (C=O) groups is 1. The maximum atomic E-state index is 11.2. The zero-order chi connectivity index (χ0) is 12.3. The lowest BCUT2D eigenvalue weighted by molar-refractivity contribution is -0.145. The minimum atomic E-state index is -0.175. The minimum absolute atomic E-state index is 0.175. The van der Waals surface area contributed by atoms with Gasteiger partial charge in [-0.1, -0.05) is 43.7 Å². The average molecular weight is 236 g/mol. The van der Waals surface area contributed by atoms with Crippen molar-refractivity contribution in [3.8, 4) is 0 Å². The third kappa shape index (κ3) is 6.74. The molecule has 1 rings (SSSR count). The van der Waals surface area contributed by atoms with Gasteiger partial charge in [0.2, 0.25) is 0 Å². The lowest BCUT2D eigenvalue weighted by atomic mass is 10.2. The van der Waals surface area contributed by atoms with Crippen molar-refractivity contribution in [2.75, 3.05) is 13.2 Å². The Hall–Kier alpha value is -1.35. The molecule has 0 saturated carbocycles. The highest BCUT2D eigenvalue weighted by Gasteiger charge is 2.02. The predicted molar refractivity (Wildman–Crippen MR) is 66.6 cm³/mol. The molecule has 94 valence electrons. The lowest BCUT2D eigenvalue weighted by Crippen LogP contribution is -2.09. The van der Waals surface area contributed by atoms with Gasteiger partial charge in [-0.3, -0.25) is 4.79 Å². The predicted octanol–water partition coefficient (Wildman–Crippen LogP) is 2.94. The largest absolute Gasteiger partial charge is 0.466 e. The van der Waals surface area contributed by atoms with Crippen molar-refractivity contribution < 1.29 is 14.3 Å². The highest BCUT2D eigenvalue weighted by atomic mass is 16.5. The molecule has 0 bridgehead atoms. The summed E-state index contributed by atoms with van der Waals surface area (Å²) in [6.07, 6.45) is 2.30. The standard InChI is InChI=1S/C14H20O3/c1-2-3-10-17-14(15)9-11-16-12-13-7-5-4-6-8-13/h4-8H,2-3,9-12H2,1H3. The number of hydrogen-bond acceptors (Lipinski definition) is 3. The molecule has 3 nitrogen and oxygen atoms in total. The summed E-state index contributed by atoms with van der Waals surface area (Å²) in [5, 5.41) is 0. The van der Waals surface area contributed by atoms with E-state index in [9.17, 15) is 4.79 Å². The molecule has 3 heteroatoms. The van der Waals surface area contributed by atoms with Crippen molar-refractivity contribution >= 4 is 5.97 Å². The van der Waals surface area contributed by atoms with Gasteiger partial charge < -0.3 is 9.47 Å². The number of ether oxygens (including phenoxy) is 2. The molecular formula is C14H20O3. The van der Waals surface area contributed by atoms with E-state index < -0.39 is 0 Å². The second-order valence-corrected chi connectivity index (χ2v) is 3.86. The SMILES string of the molecule is CCCCOC(=O)CCOCc1ccccc1. The van der Waals surface area contributed by atoms with E-state index in [0.717, 1.165) is 18.4 Å². The molecular weight excluding hydrogens is 216 g/mol. The third-order valence-corrected chi connectivity index (χ3v) is 2.32. The molecule has 0 aliphatic heterocycles. The maximum absolute atomic E-state index is 11.2. The van der Waals surface area contributed by atoms with Crippen molar-refractivity contribution in [1.29, 1.82) is 0 Å². The van der Waals surface area contributed by atoms with Gasteiger partial charge >= 0.3 is 5.97 Å². The van der Waals surface area contributed by atoms with Gasteiger partial charge in [-0.05, 0) is 12.0 Å². The molecule has 0 amide bonds. The Morgan fingerprint density at radius 3 is 2.65 bits per heavy atom. The lowest BCUT2D eigenvalue weighted by Gasteiger charge is -2.05. The smallest absolute Gasteiger partial charge is 0.308 e. The normalized spacial score (nSPS) is 10.2. The van der Waals surface area contributed by atoms with Crippen LogP contribution in [0.5, 0.6) is 0 Å². The molecule has 0 N–H and O–H groups in total. The molecule has 0 unspecified atom stereocenters. The van der Waals surface area contributed by atoms with Crippen LogP contribution < -0.4 is 0 Å². The molecule has 0 aromatic heterocycles. The van der Waals surface area contributed by atoms with E-state index in [-0.39, 0.29) is 5.97 Å². The van der Waals surface area contributed by atoms with Crippen molar-refractivity contribution in [3.63, 3.8) is 0 Å². The molecule has 1 aromatic carbocycles. The molecule has 0 aliphatic rings. The molecule has 0 saturated heterocycles. The van der Waals surface area contributed by atoms with Crippen LogP contribution >= 0.6 is 0 Å². The number of benzene rings is 1. The fourth-order valence-corrected chi connectivity index (χ4v) is 1.32. The van der Waals surface area contributed by atoms with Gasteiger partial charge in [0.25, 0.3) is 0 Å². The second-order valence-electron chi connectivity index (χ2n) is 3.86. The van der Waals surface area contributed by atoms with Crippen LogP contribution in [-0.4, -0.2) is 19.2 Å². The monoisotopic (exact) mass is 236 g/mol. The van der Waals surface area contributed by atoms with Crippen LogP contribution in [0.15, 0.2) is 30.3 Å². The summed E-state index contributed by atoms with van der Waals surface area (Å²) in [6, 6.07) is 9.91. The van der Waals surface area contributed by atoms with E-state index in [4.69, 9.17) is 9.47 Å². The van der Waals surface area contributed by atoms with Crippen LogP contribution in [0.25, 0.3) is 0 Å². The summed E-state index contributed by atoms with van der Waals surface area (Å²) < 4.78 is 10.4. The van der Waals surface area contributed by atoms with Crippen LogP contribution in [0.2, 0.25) is 0 Å². The maximum Gasteiger partial charge on any atom is 0.308 e. The van der Waals surface area contributed by atoms with Crippen LogP contribution in [0.3, 0.4) is 0 Å². The Kier molecular flexibility index (Phi) is 7.07. The first-order valence-electron chi connectivity index (χ1n) is 6.10. The molecule has 0 atom stereocenters. The molecule has 17 heavy (non-hydrogen) atoms. The number of esters is 1. The Labute approximate surface area is 103 Å². The first kappa shape index (κ1) is 13.7. The molecule has 0 spiro atoms. The van der Waals surface area contributed by atoms with Crippen LogP contribution in [0.4, 0.5) is 0 Å². The number of hydrogen-bond donors (Lipinski definition) is 0. The first-order chi connectivity index (χ1) is 8.33. The van der Waals surface area contributed by atoms with Crippen LogP contribution in [-0.2, 0) is 20.9 Å². The number of unbranched alkanes of at least 4 members (excludes halogenated alkanes) is 1. The van der Waals surface area contributed by atoms with E-state index in [1.54, 1.807) is 0 Å². The van der Waals surface area contributed by atoms with Gasteiger partial charge in [-0.15, -0.1) is 0 Å². The number of carbonyl (C=O) groups excluding carboxylic acids is 1. The Morgan fingerprint density at radius 2 is 1.94 bits per heavy atom. The second kappa shape index (κ2) is 8.76. The van der Waals surface area contributed by atoms with Crippen molar-refractivity contribution in [2.45, 2.75) is 32.8 Å². The first-order valence-corrected chi connectivity index (χ1v) is 6.10. The Bertz CT molecular complexity index is 309. The van der Waals surface area contributed by atoms with Crippen LogP contribution in [0, 0.1) is 0 Å². The van der Waals surface area contributed by atoms with Gasteiger partial charge in [0, 0.05) is 0 Å². The van der Waals surface area contributed by atoms with Crippen molar-refractivity contribution in [1.82, 2.24) is 0 Å². The van der Waals surface area contributed by atoms with E-state index in [2.05, 4.69) is 6.92 Å². The minimum Gasteiger partial charge on any atom is -0.466 e. The van der Waals surface area contributed by atoms with E-state index in [1.165, 1.54) is 0 Å². The van der Waals surface area contributed by atoms with Crippen LogP contribution in [0.1, 0.15) is 31.7 Å². The van der Waals surface area contributed by atoms with E-state index in [0.29, 0.717) is 26.2 Å². The topological polar surface area (TPSA) is 35.5 Å². The number of rotatable bonds is 8. The summed E-state index contributed by atoms with van der Waals surface area (Å²) in [6.45, 7) is 3.55. The summed E-state index contributed by atoms with van der Waals surface area (Å²) >= 11 is 0. The van der Waals surface area contributed by atoms with Gasteiger partial charge in [-0.25, -0.2) is 0 Å². The average Bonchev–Trinajstić information content (AvgIpc) is 2.36. The zero-order valence-electron chi connectivity index (χ0n) is 10.4. The van der Waals surface area contributed by atoms with E-state index in [1.807, 2.05) is 30.3 Å². The van der Waals surface area contributed by atoms with Gasteiger partial charge in [0.05, 0.1) is 26.2 Å². The highest BCUT2D eigenvalue weighted by Crippen LogP contribution is 2.01. The Balaban J connectivity index is 2.02. The molecule has 1 aromatic rings. The summed E-state index contributed by atoms with van der Waals surface area (Å²) in [4.78, 5) is 11.2. The summed E-state index contributed by atoms with van der Waals surface area (Å²) in [5.74, 6) is -0.175. The fraction of sp³-hybridized carbons (Fsp3) is 0.500. The molecule has 0 fully saturated rings. The van der Waals surface area contributed by atoms with Crippen molar-refractivity contribution in [2.24, 2.45) is 0 Å². The molecule has 0 radical (unpaired) electrons. The molecule has 0 heterocycles. The van der Waals surface area contributed by atoms with E-state index >= 15 is 0 Å². The summed E-state index contributed by atoms with van der Waals surface area (Å²) in [5.41, 5.74) is 1.12. The summed E-state index contributed by atoms with van der Waals surface area (Å²) in [7, 11) is 0. The van der Waals surface area contributed by atoms with Gasteiger partial charge in [0.1, 0.15) is 0 Å². The fourth-order valence-electron chi connectivity index (χ4n) is 1.32. The zero-order valence-corrected chi connectivity index (χ0v) is 10.4. The Morgan fingerprint density at radius 1 is 1.18 bits per heavy atom.